The minimum atomic E-state index is 0.0487. The third kappa shape index (κ3) is 3.28. The summed E-state index contributed by atoms with van der Waals surface area (Å²) in [6.07, 6.45) is 5.89. The molecule has 2 aromatic rings. The van der Waals surface area contributed by atoms with Crippen LogP contribution in [0.3, 0.4) is 0 Å². The Bertz CT molecular complexity index is 698. The van der Waals surface area contributed by atoms with Crippen molar-refractivity contribution >= 4 is 0 Å². The average molecular weight is 343 g/mol. The summed E-state index contributed by atoms with van der Waals surface area (Å²) in [5.41, 5.74) is 2.25. The van der Waals surface area contributed by atoms with Crippen LogP contribution in [0.4, 0.5) is 0 Å². The summed E-state index contributed by atoms with van der Waals surface area (Å²) in [5, 5.41) is 4.08. The van der Waals surface area contributed by atoms with Crippen molar-refractivity contribution in [3.05, 3.63) is 41.5 Å². The van der Waals surface area contributed by atoms with E-state index in [4.69, 9.17) is 14.0 Å². The Morgan fingerprint density at radius 2 is 2.32 bits per heavy atom. The predicted octanol–water partition coefficient (Wildman–Crippen LogP) is 2.75. The molecule has 2 fully saturated rings. The van der Waals surface area contributed by atoms with Gasteiger partial charge in [0.2, 0.25) is 0 Å². The lowest BCUT2D eigenvalue weighted by molar-refractivity contribution is -0.0415. The highest BCUT2D eigenvalue weighted by Crippen LogP contribution is 2.41. The lowest BCUT2D eigenvalue weighted by Gasteiger charge is -2.43. The molecule has 6 nitrogen and oxygen atoms in total. The van der Waals surface area contributed by atoms with Crippen molar-refractivity contribution in [2.24, 2.45) is 5.41 Å². The fraction of sp³-hybridized carbons (Fsp3) is 0.579. The number of hydrogen-bond donors (Lipinski definition) is 0. The van der Waals surface area contributed by atoms with E-state index in [1.54, 1.807) is 12.4 Å². The first-order chi connectivity index (χ1) is 12.2. The average Bonchev–Trinajstić information content (AvgIpc) is 3.19. The second-order valence-electron chi connectivity index (χ2n) is 7.25. The standard InChI is InChI=1S/C19H25N3O3/c1-14-17(15(2)25-21-14)11-22-8-5-18-19(12-22,6-9-23-18)13-24-16-4-3-7-20-10-16/h3-4,7,10,18H,5-6,8-9,11-13H2,1-2H3/t18-,19+/m0/s1. The normalized spacial score (nSPS) is 26.6. The first-order valence-corrected chi connectivity index (χ1v) is 8.95. The number of hydrogen-bond acceptors (Lipinski definition) is 6. The Labute approximate surface area is 148 Å². The fourth-order valence-corrected chi connectivity index (χ4v) is 4.09. The van der Waals surface area contributed by atoms with Crippen molar-refractivity contribution in [3.63, 3.8) is 0 Å². The van der Waals surface area contributed by atoms with Gasteiger partial charge in [0.1, 0.15) is 11.5 Å². The van der Waals surface area contributed by atoms with Crippen molar-refractivity contribution in [2.75, 3.05) is 26.3 Å². The van der Waals surface area contributed by atoms with Crippen molar-refractivity contribution < 1.29 is 14.0 Å². The highest BCUT2D eigenvalue weighted by molar-refractivity contribution is 5.21. The lowest BCUT2D eigenvalue weighted by Crippen LogP contribution is -2.52. The van der Waals surface area contributed by atoms with Crippen LogP contribution in [0.25, 0.3) is 0 Å². The summed E-state index contributed by atoms with van der Waals surface area (Å²) in [6.45, 7) is 8.37. The number of fused-ring (bicyclic) bond motifs is 1. The molecule has 0 unspecified atom stereocenters. The van der Waals surface area contributed by atoms with Gasteiger partial charge in [-0.15, -0.1) is 0 Å². The number of nitrogens with zero attached hydrogens (tertiary/aromatic N) is 3. The molecule has 25 heavy (non-hydrogen) atoms. The number of piperidine rings is 1. The molecule has 2 atom stereocenters. The maximum atomic E-state index is 6.08. The molecule has 4 rings (SSSR count). The number of likely N-dealkylation sites (tertiary alicyclic amines) is 1. The van der Waals surface area contributed by atoms with Crippen LogP contribution in [0, 0.1) is 19.3 Å². The number of aryl methyl sites for hydroxylation is 2. The van der Waals surface area contributed by atoms with Gasteiger partial charge in [0, 0.05) is 43.4 Å². The summed E-state index contributed by atoms with van der Waals surface area (Å²) in [6, 6.07) is 3.86. The summed E-state index contributed by atoms with van der Waals surface area (Å²) < 4.78 is 17.4. The Hall–Kier alpha value is -1.92. The molecule has 0 N–H and O–H groups in total. The van der Waals surface area contributed by atoms with E-state index in [-0.39, 0.29) is 11.5 Å². The van der Waals surface area contributed by atoms with Crippen LogP contribution in [0.1, 0.15) is 29.9 Å². The molecule has 2 aliphatic heterocycles. The molecule has 2 aliphatic rings. The molecule has 0 radical (unpaired) electrons. The minimum Gasteiger partial charge on any atom is -0.491 e. The Balaban J connectivity index is 1.47. The second kappa shape index (κ2) is 6.77. The monoisotopic (exact) mass is 343 g/mol. The first-order valence-electron chi connectivity index (χ1n) is 8.95. The van der Waals surface area contributed by atoms with Gasteiger partial charge in [-0.1, -0.05) is 5.16 Å². The van der Waals surface area contributed by atoms with Crippen LogP contribution in [0.5, 0.6) is 5.75 Å². The van der Waals surface area contributed by atoms with Crippen molar-refractivity contribution in [1.82, 2.24) is 15.0 Å². The molecule has 0 aliphatic carbocycles. The Morgan fingerprint density at radius 3 is 3.08 bits per heavy atom. The van der Waals surface area contributed by atoms with Gasteiger partial charge in [0.15, 0.2) is 0 Å². The summed E-state index contributed by atoms with van der Waals surface area (Å²) in [4.78, 5) is 6.62. The zero-order chi connectivity index (χ0) is 17.3. The van der Waals surface area contributed by atoms with Gasteiger partial charge < -0.3 is 14.0 Å². The number of pyridine rings is 1. The number of ether oxygens (including phenoxy) is 2. The van der Waals surface area contributed by atoms with E-state index >= 15 is 0 Å². The molecule has 4 heterocycles. The molecule has 0 bridgehead atoms. The van der Waals surface area contributed by atoms with E-state index in [9.17, 15) is 0 Å². The highest BCUT2D eigenvalue weighted by Gasteiger charge is 2.48. The van der Waals surface area contributed by atoms with Gasteiger partial charge in [-0.25, -0.2) is 0 Å². The molecule has 134 valence electrons. The van der Waals surface area contributed by atoms with Gasteiger partial charge in [-0.05, 0) is 38.8 Å². The first kappa shape index (κ1) is 16.5. The molecule has 2 aromatic heterocycles. The Kier molecular flexibility index (Phi) is 4.48. The molecule has 0 saturated carbocycles. The topological polar surface area (TPSA) is 60.6 Å². The largest absolute Gasteiger partial charge is 0.491 e. The van der Waals surface area contributed by atoms with Crippen LogP contribution in [-0.2, 0) is 11.3 Å². The zero-order valence-corrected chi connectivity index (χ0v) is 14.9. The van der Waals surface area contributed by atoms with Crippen LogP contribution in [0.15, 0.2) is 29.0 Å². The summed E-state index contributed by atoms with van der Waals surface area (Å²) >= 11 is 0. The number of rotatable bonds is 5. The SMILES string of the molecule is Cc1noc(C)c1CN1CC[C@@H]2OCC[C@]2(COc2cccnc2)C1. The van der Waals surface area contributed by atoms with Crippen molar-refractivity contribution in [2.45, 2.75) is 39.3 Å². The molecule has 0 amide bonds. The van der Waals surface area contributed by atoms with Crippen molar-refractivity contribution in [1.29, 1.82) is 0 Å². The smallest absolute Gasteiger partial charge is 0.138 e. The zero-order valence-electron chi connectivity index (χ0n) is 14.9. The van der Waals surface area contributed by atoms with Gasteiger partial charge in [-0.2, -0.15) is 0 Å². The minimum absolute atomic E-state index is 0.0487. The van der Waals surface area contributed by atoms with E-state index in [2.05, 4.69) is 15.0 Å². The predicted molar refractivity (Wildman–Crippen MR) is 92.4 cm³/mol. The van der Waals surface area contributed by atoms with Gasteiger partial charge in [0.05, 0.1) is 24.6 Å². The van der Waals surface area contributed by atoms with Crippen LogP contribution >= 0.6 is 0 Å². The number of aromatic nitrogens is 2. The van der Waals surface area contributed by atoms with Crippen LogP contribution in [-0.4, -0.2) is 47.4 Å². The molecule has 0 spiro atoms. The van der Waals surface area contributed by atoms with Crippen LogP contribution in [0.2, 0.25) is 0 Å². The summed E-state index contributed by atoms with van der Waals surface area (Å²) in [7, 11) is 0. The van der Waals surface area contributed by atoms with E-state index in [0.29, 0.717) is 6.61 Å². The van der Waals surface area contributed by atoms with Crippen molar-refractivity contribution in [3.8, 4) is 5.75 Å². The van der Waals surface area contributed by atoms with E-state index in [0.717, 1.165) is 56.3 Å². The van der Waals surface area contributed by atoms with Gasteiger partial charge in [0.25, 0.3) is 0 Å². The molecule has 0 aromatic carbocycles. The lowest BCUT2D eigenvalue weighted by atomic mass is 9.77. The fourth-order valence-electron chi connectivity index (χ4n) is 4.09. The van der Waals surface area contributed by atoms with E-state index in [1.165, 1.54) is 5.56 Å². The van der Waals surface area contributed by atoms with E-state index in [1.807, 2.05) is 26.0 Å². The second-order valence-corrected chi connectivity index (χ2v) is 7.25. The Morgan fingerprint density at radius 1 is 1.40 bits per heavy atom. The molecular formula is C19H25N3O3. The third-order valence-corrected chi connectivity index (χ3v) is 5.57. The maximum Gasteiger partial charge on any atom is 0.138 e. The molecule has 2 saturated heterocycles. The molecule has 6 heteroatoms. The highest BCUT2D eigenvalue weighted by atomic mass is 16.5. The van der Waals surface area contributed by atoms with Gasteiger partial charge in [-0.3, -0.25) is 9.88 Å². The third-order valence-electron chi connectivity index (χ3n) is 5.57. The van der Waals surface area contributed by atoms with E-state index < -0.39 is 0 Å². The summed E-state index contributed by atoms with van der Waals surface area (Å²) in [5.74, 6) is 1.74. The van der Waals surface area contributed by atoms with Gasteiger partial charge >= 0.3 is 0 Å². The van der Waals surface area contributed by atoms with Crippen LogP contribution < -0.4 is 4.74 Å². The maximum absolute atomic E-state index is 6.08. The molecular weight excluding hydrogens is 318 g/mol. The quantitative estimate of drug-likeness (QED) is 0.832.